The number of benzene rings is 1. The topological polar surface area (TPSA) is 89.2 Å². The summed E-state index contributed by atoms with van der Waals surface area (Å²) in [5.41, 5.74) is 0.475. The van der Waals surface area contributed by atoms with Gasteiger partial charge >= 0.3 is 0 Å². The molecule has 1 amide bonds. The van der Waals surface area contributed by atoms with Crippen LogP contribution in [0.4, 0.5) is 0 Å². The highest BCUT2D eigenvalue weighted by molar-refractivity contribution is 6.46. The summed E-state index contributed by atoms with van der Waals surface area (Å²) in [5, 5.41) is 11.1. The third-order valence-electron chi connectivity index (χ3n) is 6.14. The second kappa shape index (κ2) is 10.3. The molecule has 176 valence electrons. The lowest BCUT2D eigenvalue weighted by Crippen LogP contribution is -2.36. The maximum Gasteiger partial charge on any atom is 0.295 e. The van der Waals surface area contributed by atoms with Gasteiger partial charge in [0.1, 0.15) is 29.1 Å². The van der Waals surface area contributed by atoms with E-state index < -0.39 is 17.7 Å². The van der Waals surface area contributed by atoms with E-state index in [-0.39, 0.29) is 24.0 Å². The van der Waals surface area contributed by atoms with Gasteiger partial charge in [-0.15, -0.1) is 0 Å². The molecule has 2 aromatic rings. The molecule has 0 spiro atoms. The van der Waals surface area contributed by atoms with Crippen molar-refractivity contribution in [3.05, 3.63) is 59.1 Å². The number of hydrogen-bond acceptors (Lipinski definition) is 6. The summed E-state index contributed by atoms with van der Waals surface area (Å²) in [6.07, 6.45) is 4.83. The van der Waals surface area contributed by atoms with Crippen LogP contribution in [0.3, 0.4) is 0 Å². The van der Waals surface area contributed by atoms with Crippen molar-refractivity contribution in [1.82, 2.24) is 4.90 Å². The van der Waals surface area contributed by atoms with Gasteiger partial charge in [0.2, 0.25) is 0 Å². The Balaban J connectivity index is 1.64. The van der Waals surface area contributed by atoms with Gasteiger partial charge in [-0.3, -0.25) is 9.59 Å². The number of rotatable bonds is 9. The van der Waals surface area contributed by atoms with Crippen LogP contribution in [0.2, 0.25) is 0 Å². The summed E-state index contributed by atoms with van der Waals surface area (Å²) >= 11 is 0. The van der Waals surface area contributed by atoms with Crippen LogP contribution in [-0.2, 0) is 14.3 Å². The number of likely N-dealkylation sites (tertiary alicyclic amines) is 1. The summed E-state index contributed by atoms with van der Waals surface area (Å²) in [6.45, 7) is 5.49. The Labute approximate surface area is 194 Å². The van der Waals surface area contributed by atoms with Crippen molar-refractivity contribution >= 4 is 17.4 Å². The van der Waals surface area contributed by atoms with Crippen molar-refractivity contribution in [3.8, 4) is 5.75 Å². The molecular formula is C26H31NO6. The fourth-order valence-electron chi connectivity index (χ4n) is 4.38. The Morgan fingerprint density at radius 3 is 2.58 bits per heavy atom. The number of Topliss-reactive ketones (excluding diaryl/α,β-unsaturated/α-hetero) is 1. The van der Waals surface area contributed by atoms with E-state index in [1.165, 1.54) is 4.90 Å². The van der Waals surface area contributed by atoms with Crippen LogP contribution >= 0.6 is 0 Å². The van der Waals surface area contributed by atoms with Gasteiger partial charge in [-0.2, -0.15) is 0 Å². The van der Waals surface area contributed by atoms with E-state index in [4.69, 9.17) is 13.9 Å². The number of ketones is 1. The third kappa shape index (κ3) is 4.98. The molecule has 7 nitrogen and oxygen atoms in total. The number of nitrogens with zero attached hydrogens (tertiary/aromatic N) is 1. The van der Waals surface area contributed by atoms with Crippen LogP contribution in [0.25, 0.3) is 5.76 Å². The average Bonchev–Trinajstić information content (AvgIpc) is 3.54. The lowest BCUT2D eigenvalue weighted by molar-refractivity contribution is -0.141. The van der Waals surface area contributed by atoms with Crippen LogP contribution in [-0.4, -0.2) is 47.6 Å². The molecule has 2 aliphatic heterocycles. The molecule has 2 fully saturated rings. The van der Waals surface area contributed by atoms with Crippen molar-refractivity contribution in [1.29, 1.82) is 0 Å². The molecule has 0 saturated carbocycles. The summed E-state index contributed by atoms with van der Waals surface area (Å²) < 4.78 is 17.2. The van der Waals surface area contributed by atoms with Gasteiger partial charge in [0.05, 0.1) is 18.3 Å². The van der Waals surface area contributed by atoms with Gasteiger partial charge in [-0.05, 0) is 62.6 Å². The molecule has 2 unspecified atom stereocenters. The van der Waals surface area contributed by atoms with Gasteiger partial charge in [0.25, 0.3) is 11.7 Å². The molecule has 0 radical (unpaired) electrons. The fraction of sp³-hybridized carbons (Fsp3) is 0.462. The molecule has 2 aliphatic rings. The monoisotopic (exact) mass is 453 g/mol. The van der Waals surface area contributed by atoms with Crippen LogP contribution in [0, 0.1) is 6.92 Å². The van der Waals surface area contributed by atoms with Crippen LogP contribution in [0.5, 0.6) is 5.75 Å². The van der Waals surface area contributed by atoms with Crippen LogP contribution in [0.1, 0.15) is 62.2 Å². The standard InChI is InChI=1S/C26H31NO6/c1-3-4-5-14-31-19-11-9-18(10-12-19)24(28)22-23(21-13-8-17(2)33-21)27(26(30)25(22)29)16-20-7-6-15-32-20/h8-13,20,23,28H,3-7,14-16H2,1-2H3/b24-22-. The zero-order valence-electron chi connectivity index (χ0n) is 19.2. The number of carbonyl (C=O) groups excluding carboxylic acids is 2. The van der Waals surface area contributed by atoms with Gasteiger partial charge in [0.15, 0.2) is 0 Å². The van der Waals surface area contributed by atoms with E-state index in [1.54, 1.807) is 43.3 Å². The maximum absolute atomic E-state index is 13.0. The number of amides is 1. The second-order valence-electron chi connectivity index (χ2n) is 8.61. The normalized spacial score (nSPS) is 22.3. The summed E-state index contributed by atoms with van der Waals surface area (Å²) in [7, 11) is 0. The van der Waals surface area contributed by atoms with E-state index in [2.05, 4.69) is 6.92 Å². The third-order valence-corrected chi connectivity index (χ3v) is 6.14. The summed E-state index contributed by atoms with van der Waals surface area (Å²) in [6, 6.07) is 9.64. The molecule has 4 rings (SSSR count). The lowest BCUT2D eigenvalue weighted by atomic mass is 9.99. The lowest BCUT2D eigenvalue weighted by Gasteiger charge is -2.25. The Morgan fingerprint density at radius 2 is 1.94 bits per heavy atom. The van der Waals surface area contributed by atoms with Crippen molar-refractivity contribution in [2.45, 2.75) is 58.1 Å². The Kier molecular flexibility index (Phi) is 7.18. The Bertz CT molecular complexity index is 1020. The first-order valence-electron chi connectivity index (χ1n) is 11.7. The number of ether oxygens (including phenoxy) is 2. The molecular weight excluding hydrogens is 422 g/mol. The van der Waals surface area contributed by atoms with E-state index in [9.17, 15) is 14.7 Å². The number of aryl methyl sites for hydroxylation is 1. The van der Waals surface area contributed by atoms with E-state index in [1.807, 2.05) is 0 Å². The van der Waals surface area contributed by atoms with Crippen molar-refractivity contribution in [2.24, 2.45) is 0 Å². The Hall–Kier alpha value is -3.06. The fourth-order valence-corrected chi connectivity index (χ4v) is 4.38. The van der Waals surface area contributed by atoms with E-state index in [0.717, 1.165) is 32.1 Å². The molecule has 1 aromatic carbocycles. The molecule has 2 atom stereocenters. The molecule has 3 heterocycles. The van der Waals surface area contributed by atoms with E-state index in [0.29, 0.717) is 36.0 Å². The first-order valence-corrected chi connectivity index (χ1v) is 11.7. The zero-order valence-corrected chi connectivity index (χ0v) is 19.2. The second-order valence-corrected chi connectivity index (χ2v) is 8.61. The molecule has 2 saturated heterocycles. The number of carbonyl (C=O) groups is 2. The number of furan rings is 1. The number of aliphatic hydroxyl groups excluding tert-OH is 1. The van der Waals surface area contributed by atoms with Crippen molar-refractivity contribution in [2.75, 3.05) is 19.8 Å². The number of hydrogen-bond donors (Lipinski definition) is 1. The van der Waals surface area contributed by atoms with Crippen LogP contribution in [0.15, 0.2) is 46.4 Å². The minimum atomic E-state index is -0.798. The minimum Gasteiger partial charge on any atom is -0.507 e. The summed E-state index contributed by atoms with van der Waals surface area (Å²) in [5.74, 6) is 0.213. The molecule has 0 aliphatic carbocycles. The number of unbranched alkanes of at least 4 members (excludes halogenated alkanes) is 2. The molecule has 1 aromatic heterocycles. The predicted molar refractivity (Wildman–Crippen MR) is 123 cm³/mol. The van der Waals surface area contributed by atoms with Gasteiger partial charge in [-0.1, -0.05) is 19.8 Å². The highest BCUT2D eigenvalue weighted by Gasteiger charge is 2.48. The Morgan fingerprint density at radius 1 is 1.15 bits per heavy atom. The smallest absolute Gasteiger partial charge is 0.295 e. The largest absolute Gasteiger partial charge is 0.507 e. The quantitative estimate of drug-likeness (QED) is 0.255. The van der Waals surface area contributed by atoms with Gasteiger partial charge in [-0.25, -0.2) is 0 Å². The minimum absolute atomic E-state index is 0.0314. The highest BCUT2D eigenvalue weighted by Crippen LogP contribution is 2.40. The number of aliphatic hydroxyl groups is 1. The first kappa shape index (κ1) is 23.1. The van der Waals surface area contributed by atoms with Crippen molar-refractivity contribution < 1.29 is 28.6 Å². The van der Waals surface area contributed by atoms with E-state index >= 15 is 0 Å². The van der Waals surface area contributed by atoms with Crippen LogP contribution < -0.4 is 4.74 Å². The molecule has 0 bridgehead atoms. The van der Waals surface area contributed by atoms with Crippen molar-refractivity contribution in [3.63, 3.8) is 0 Å². The van der Waals surface area contributed by atoms with Gasteiger partial charge < -0.3 is 23.9 Å². The first-order chi connectivity index (χ1) is 16.0. The van der Waals surface area contributed by atoms with Gasteiger partial charge in [0, 0.05) is 18.7 Å². The average molecular weight is 454 g/mol. The highest BCUT2D eigenvalue weighted by atomic mass is 16.5. The predicted octanol–water partition coefficient (Wildman–Crippen LogP) is 4.76. The zero-order chi connectivity index (χ0) is 23.4. The molecule has 7 heteroatoms. The maximum atomic E-state index is 13.0. The SMILES string of the molecule is CCCCCOc1ccc(/C(O)=C2/C(=O)C(=O)N(CC3CCCO3)C2c2ccc(C)o2)cc1. The molecule has 33 heavy (non-hydrogen) atoms. The summed E-state index contributed by atoms with van der Waals surface area (Å²) in [4.78, 5) is 27.5. The molecule has 1 N–H and O–H groups in total.